The van der Waals surface area contributed by atoms with Crippen molar-refractivity contribution < 1.29 is 4.79 Å². The Morgan fingerprint density at radius 2 is 2.14 bits per heavy atom. The highest BCUT2D eigenvalue weighted by atomic mass is 16.2. The van der Waals surface area contributed by atoms with E-state index < -0.39 is 0 Å². The van der Waals surface area contributed by atoms with E-state index in [2.05, 4.69) is 22.1 Å². The predicted octanol–water partition coefficient (Wildman–Crippen LogP) is 2.70. The van der Waals surface area contributed by atoms with Crippen LogP contribution in [0.2, 0.25) is 0 Å². The van der Waals surface area contributed by atoms with Gasteiger partial charge < -0.3 is 4.90 Å². The Labute approximate surface area is 130 Å². The van der Waals surface area contributed by atoms with Crippen LogP contribution < -0.4 is 0 Å². The Balaban J connectivity index is 1.65. The smallest absolute Gasteiger partial charge is 0.272 e. The molecule has 0 saturated carbocycles. The van der Waals surface area contributed by atoms with E-state index in [4.69, 9.17) is 0 Å². The summed E-state index contributed by atoms with van der Waals surface area (Å²) in [4.78, 5) is 18.8. The molecular formula is C17H22N4O. The van der Waals surface area contributed by atoms with Crippen LogP contribution in [0, 0.1) is 6.92 Å². The fourth-order valence-electron chi connectivity index (χ4n) is 3.15. The van der Waals surface area contributed by atoms with Crippen molar-refractivity contribution in [1.29, 1.82) is 0 Å². The molecule has 2 aromatic rings. The number of H-pyrrole nitrogens is 1. The third-order valence-corrected chi connectivity index (χ3v) is 4.43. The van der Waals surface area contributed by atoms with E-state index in [1.165, 1.54) is 11.3 Å². The number of rotatable bonds is 3. The lowest BCUT2D eigenvalue weighted by Gasteiger charge is -2.31. The lowest BCUT2D eigenvalue weighted by atomic mass is 9.90. The molecule has 1 N–H and O–H groups in total. The topological polar surface area (TPSA) is 61.9 Å². The molecule has 0 atom stereocenters. The highest BCUT2D eigenvalue weighted by Gasteiger charge is 2.27. The number of piperidine rings is 1. The summed E-state index contributed by atoms with van der Waals surface area (Å²) in [5.74, 6) is 0.523. The molecule has 0 unspecified atom stereocenters. The maximum Gasteiger partial charge on any atom is 0.272 e. The molecule has 116 valence electrons. The normalized spacial score (nSPS) is 16.0. The molecule has 0 radical (unpaired) electrons. The number of carbonyl (C=O) groups is 1. The van der Waals surface area contributed by atoms with Crippen molar-refractivity contribution >= 4 is 5.91 Å². The third kappa shape index (κ3) is 2.89. The summed E-state index contributed by atoms with van der Waals surface area (Å²) in [6.45, 7) is 5.62. The van der Waals surface area contributed by atoms with E-state index in [-0.39, 0.29) is 5.91 Å². The van der Waals surface area contributed by atoms with Crippen LogP contribution in [0.1, 0.15) is 53.1 Å². The molecule has 2 aromatic heterocycles. The zero-order valence-electron chi connectivity index (χ0n) is 13.2. The van der Waals surface area contributed by atoms with Crippen LogP contribution in [0.25, 0.3) is 0 Å². The van der Waals surface area contributed by atoms with Gasteiger partial charge in [0.25, 0.3) is 5.91 Å². The van der Waals surface area contributed by atoms with E-state index in [9.17, 15) is 4.79 Å². The Morgan fingerprint density at radius 1 is 1.36 bits per heavy atom. The van der Waals surface area contributed by atoms with Gasteiger partial charge in [-0.05, 0) is 43.9 Å². The number of hydrogen-bond acceptors (Lipinski definition) is 3. The fourth-order valence-corrected chi connectivity index (χ4v) is 3.15. The van der Waals surface area contributed by atoms with Crippen molar-refractivity contribution in [3.05, 3.63) is 47.0 Å². The first-order valence-electron chi connectivity index (χ1n) is 7.94. The van der Waals surface area contributed by atoms with Crippen LogP contribution >= 0.6 is 0 Å². The Bertz CT molecular complexity index is 656. The minimum absolute atomic E-state index is 0.0440. The van der Waals surface area contributed by atoms with Crippen molar-refractivity contribution in [2.24, 2.45) is 0 Å². The number of likely N-dealkylation sites (tertiary alicyclic amines) is 1. The molecular weight excluding hydrogens is 276 g/mol. The lowest BCUT2D eigenvalue weighted by molar-refractivity contribution is 0.0705. The summed E-state index contributed by atoms with van der Waals surface area (Å²) < 4.78 is 0. The van der Waals surface area contributed by atoms with Gasteiger partial charge in [0.05, 0.1) is 6.20 Å². The van der Waals surface area contributed by atoms with Crippen LogP contribution in [0.3, 0.4) is 0 Å². The standard InChI is InChI=1S/C17H22N4O/c1-3-13-11-18-20-16(13)14-7-9-21(10-8-14)17(22)15-6-4-5-12(2)19-15/h4-6,11,14H,3,7-10H2,1-2H3,(H,18,20). The molecule has 3 rings (SSSR count). The minimum Gasteiger partial charge on any atom is -0.337 e. The molecule has 1 aliphatic heterocycles. The monoisotopic (exact) mass is 298 g/mol. The van der Waals surface area contributed by atoms with E-state index in [1.807, 2.05) is 30.2 Å². The molecule has 0 aromatic carbocycles. The first-order valence-corrected chi connectivity index (χ1v) is 7.94. The maximum absolute atomic E-state index is 12.5. The second-order valence-corrected chi connectivity index (χ2v) is 5.89. The molecule has 0 aliphatic carbocycles. The number of nitrogens with one attached hydrogen (secondary N) is 1. The van der Waals surface area contributed by atoms with Gasteiger partial charge in [0, 0.05) is 30.4 Å². The average molecular weight is 298 g/mol. The molecule has 3 heterocycles. The van der Waals surface area contributed by atoms with Crippen LogP contribution in [0.15, 0.2) is 24.4 Å². The predicted molar refractivity (Wildman–Crippen MR) is 84.8 cm³/mol. The number of pyridine rings is 1. The van der Waals surface area contributed by atoms with Crippen LogP contribution in [-0.4, -0.2) is 39.1 Å². The summed E-state index contributed by atoms with van der Waals surface area (Å²) in [6.07, 6.45) is 4.88. The minimum atomic E-state index is 0.0440. The summed E-state index contributed by atoms with van der Waals surface area (Å²) >= 11 is 0. The molecule has 5 heteroatoms. The number of nitrogens with zero attached hydrogens (tertiary/aromatic N) is 3. The van der Waals surface area contributed by atoms with E-state index in [0.717, 1.165) is 38.0 Å². The van der Waals surface area contributed by atoms with Crippen molar-refractivity contribution in [2.75, 3.05) is 13.1 Å². The van der Waals surface area contributed by atoms with Gasteiger partial charge in [0.1, 0.15) is 5.69 Å². The molecule has 1 amide bonds. The fraction of sp³-hybridized carbons (Fsp3) is 0.471. The number of aromatic nitrogens is 3. The Morgan fingerprint density at radius 3 is 2.82 bits per heavy atom. The average Bonchev–Trinajstić information content (AvgIpc) is 3.03. The number of carbonyl (C=O) groups excluding carboxylic acids is 1. The highest BCUT2D eigenvalue weighted by molar-refractivity contribution is 5.92. The lowest BCUT2D eigenvalue weighted by Crippen LogP contribution is -2.38. The first-order chi connectivity index (χ1) is 10.7. The van der Waals surface area contributed by atoms with Gasteiger partial charge in [-0.3, -0.25) is 9.89 Å². The van der Waals surface area contributed by atoms with Crippen molar-refractivity contribution in [3.8, 4) is 0 Å². The van der Waals surface area contributed by atoms with Gasteiger partial charge in [0.2, 0.25) is 0 Å². The van der Waals surface area contributed by atoms with Crippen LogP contribution in [-0.2, 0) is 6.42 Å². The molecule has 5 nitrogen and oxygen atoms in total. The largest absolute Gasteiger partial charge is 0.337 e. The SMILES string of the molecule is CCc1cn[nH]c1C1CCN(C(=O)c2cccc(C)n2)CC1. The Kier molecular flexibility index (Phi) is 4.22. The number of aryl methyl sites for hydroxylation is 2. The van der Waals surface area contributed by atoms with Gasteiger partial charge in [0.15, 0.2) is 0 Å². The van der Waals surface area contributed by atoms with Crippen LogP contribution in [0.5, 0.6) is 0 Å². The molecule has 0 spiro atoms. The molecule has 22 heavy (non-hydrogen) atoms. The highest BCUT2D eigenvalue weighted by Crippen LogP contribution is 2.29. The maximum atomic E-state index is 12.5. The summed E-state index contributed by atoms with van der Waals surface area (Å²) in [5.41, 5.74) is 3.98. The van der Waals surface area contributed by atoms with E-state index >= 15 is 0 Å². The quantitative estimate of drug-likeness (QED) is 0.947. The molecule has 0 bridgehead atoms. The summed E-state index contributed by atoms with van der Waals surface area (Å²) in [6, 6.07) is 5.60. The second kappa shape index (κ2) is 6.30. The summed E-state index contributed by atoms with van der Waals surface area (Å²) in [5, 5.41) is 7.31. The van der Waals surface area contributed by atoms with Crippen molar-refractivity contribution in [2.45, 2.75) is 39.0 Å². The van der Waals surface area contributed by atoms with Crippen molar-refractivity contribution in [3.63, 3.8) is 0 Å². The summed E-state index contributed by atoms with van der Waals surface area (Å²) in [7, 11) is 0. The molecule has 1 aliphatic rings. The second-order valence-electron chi connectivity index (χ2n) is 5.89. The van der Waals surface area contributed by atoms with Crippen molar-refractivity contribution in [1.82, 2.24) is 20.1 Å². The number of aromatic amines is 1. The number of amides is 1. The zero-order valence-corrected chi connectivity index (χ0v) is 13.2. The van der Waals surface area contributed by atoms with Gasteiger partial charge >= 0.3 is 0 Å². The van der Waals surface area contributed by atoms with E-state index in [0.29, 0.717) is 11.6 Å². The van der Waals surface area contributed by atoms with Gasteiger partial charge in [-0.1, -0.05) is 13.0 Å². The Hall–Kier alpha value is -2.17. The number of hydrogen-bond donors (Lipinski definition) is 1. The van der Waals surface area contributed by atoms with Gasteiger partial charge in [-0.25, -0.2) is 4.98 Å². The first kappa shape index (κ1) is 14.8. The van der Waals surface area contributed by atoms with E-state index in [1.54, 1.807) is 6.07 Å². The molecule has 1 saturated heterocycles. The van der Waals surface area contributed by atoms with Gasteiger partial charge in [-0.15, -0.1) is 0 Å². The molecule has 1 fully saturated rings. The van der Waals surface area contributed by atoms with Gasteiger partial charge in [-0.2, -0.15) is 5.10 Å². The third-order valence-electron chi connectivity index (χ3n) is 4.43. The van der Waals surface area contributed by atoms with Crippen LogP contribution in [0.4, 0.5) is 0 Å². The zero-order chi connectivity index (χ0) is 15.5.